The molecule has 4 heterocycles. The number of benzene rings is 2. The van der Waals surface area contributed by atoms with Crippen molar-refractivity contribution in [1.82, 2.24) is 29.2 Å². The molecule has 0 amide bonds. The number of nitrogens with zero attached hydrogens (tertiary/aromatic N) is 6. The predicted octanol–water partition coefficient (Wildman–Crippen LogP) is 5.08. The molecule has 3 aromatic heterocycles. The molecule has 7 heteroatoms. The Kier molecular flexibility index (Phi) is 5.82. The SMILES string of the molecule is CN1CCCN([C@H]2C[C@@H](c3nc(-c4ccc5ccc(-c6ccccc6)nc5c4)c4c(N)nccn43)C2)CC1. The van der Waals surface area contributed by atoms with E-state index in [2.05, 4.69) is 68.7 Å². The fourth-order valence-corrected chi connectivity index (χ4v) is 6.14. The number of hydrogen-bond donors (Lipinski definition) is 1. The molecule has 0 atom stereocenters. The number of hydrogen-bond acceptors (Lipinski definition) is 6. The molecule has 0 bridgehead atoms. The van der Waals surface area contributed by atoms with Gasteiger partial charge in [0.25, 0.3) is 0 Å². The van der Waals surface area contributed by atoms with Gasteiger partial charge in [0.15, 0.2) is 0 Å². The third-order valence-corrected chi connectivity index (χ3v) is 8.39. The Labute approximate surface area is 223 Å². The van der Waals surface area contributed by atoms with Crippen LogP contribution in [0.25, 0.3) is 38.9 Å². The van der Waals surface area contributed by atoms with Crippen LogP contribution >= 0.6 is 0 Å². The number of nitrogens with two attached hydrogens (primary N) is 1. The molecular weight excluding hydrogens is 470 g/mol. The molecule has 192 valence electrons. The lowest BCUT2D eigenvalue weighted by molar-refractivity contribution is 0.110. The maximum Gasteiger partial charge on any atom is 0.150 e. The van der Waals surface area contributed by atoms with Crippen molar-refractivity contribution in [2.45, 2.75) is 31.2 Å². The lowest BCUT2D eigenvalue weighted by atomic mass is 9.78. The van der Waals surface area contributed by atoms with E-state index in [4.69, 9.17) is 15.7 Å². The second-order valence-corrected chi connectivity index (χ2v) is 10.8. The molecule has 2 aromatic carbocycles. The summed E-state index contributed by atoms with van der Waals surface area (Å²) in [6.45, 7) is 4.71. The van der Waals surface area contributed by atoms with Gasteiger partial charge in [-0.25, -0.2) is 15.0 Å². The van der Waals surface area contributed by atoms with Gasteiger partial charge in [-0.05, 0) is 51.5 Å². The summed E-state index contributed by atoms with van der Waals surface area (Å²) in [4.78, 5) is 19.8. The van der Waals surface area contributed by atoms with E-state index in [-0.39, 0.29) is 0 Å². The molecule has 0 unspecified atom stereocenters. The molecular formula is C31H33N7. The van der Waals surface area contributed by atoms with Crippen molar-refractivity contribution in [2.75, 3.05) is 39.0 Å². The van der Waals surface area contributed by atoms with Crippen molar-refractivity contribution in [2.24, 2.45) is 0 Å². The van der Waals surface area contributed by atoms with E-state index in [0.717, 1.165) is 70.7 Å². The molecule has 0 spiro atoms. The topological polar surface area (TPSA) is 75.6 Å². The summed E-state index contributed by atoms with van der Waals surface area (Å²) in [5.74, 6) is 2.03. The van der Waals surface area contributed by atoms with Crippen LogP contribution in [0.15, 0.2) is 73.1 Å². The van der Waals surface area contributed by atoms with E-state index in [0.29, 0.717) is 17.8 Å². The molecule has 5 aromatic rings. The minimum atomic E-state index is 0.423. The highest BCUT2D eigenvalue weighted by atomic mass is 15.2. The zero-order valence-corrected chi connectivity index (χ0v) is 21.8. The number of pyridine rings is 1. The van der Waals surface area contributed by atoms with E-state index in [1.54, 1.807) is 6.20 Å². The average Bonchev–Trinajstić information content (AvgIpc) is 3.18. The first kappa shape index (κ1) is 23.3. The Balaban J connectivity index is 1.23. The molecule has 7 nitrogen and oxygen atoms in total. The van der Waals surface area contributed by atoms with Crippen molar-refractivity contribution < 1.29 is 0 Å². The van der Waals surface area contributed by atoms with Gasteiger partial charge in [-0.3, -0.25) is 9.30 Å². The van der Waals surface area contributed by atoms with Crippen LogP contribution in [0.3, 0.4) is 0 Å². The van der Waals surface area contributed by atoms with Crippen molar-refractivity contribution in [1.29, 1.82) is 0 Å². The van der Waals surface area contributed by atoms with Crippen LogP contribution in [0.2, 0.25) is 0 Å². The summed E-state index contributed by atoms with van der Waals surface area (Å²) in [7, 11) is 2.23. The largest absolute Gasteiger partial charge is 0.382 e. The zero-order chi connectivity index (χ0) is 25.6. The maximum absolute atomic E-state index is 6.45. The number of likely N-dealkylation sites (N-methyl/N-ethyl adjacent to an activating group) is 1. The van der Waals surface area contributed by atoms with Crippen molar-refractivity contribution in [3.05, 3.63) is 78.9 Å². The number of nitrogen functional groups attached to an aromatic ring is 1. The van der Waals surface area contributed by atoms with Crippen molar-refractivity contribution in [3.63, 3.8) is 0 Å². The Hall–Kier alpha value is -3.81. The molecule has 1 aliphatic carbocycles. The first-order chi connectivity index (χ1) is 18.6. The Morgan fingerprint density at radius 2 is 1.71 bits per heavy atom. The van der Waals surface area contributed by atoms with Crippen LogP contribution in [-0.4, -0.2) is 68.4 Å². The van der Waals surface area contributed by atoms with Crippen LogP contribution in [0.5, 0.6) is 0 Å². The van der Waals surface area contributed by atoms with Gasteiger partial charge in [-0.2, -0.15) is 0 Å². The minimum Gasteiger partial charge on any atom is -0.382 e. The van der Waals surface area contributed by atoms with Gasteiger partial charge in [0.2, 0.25) is 0 Å². The van der Waals surface area contributed by atoms with E-state index >= 15 is 0 Å². The van der Waals surface area contributed by atoms with Gasteiger partial charge in [-0.15, -0.1) is 0 Å². The lowest BCUT2D eigenvalue weighted by Crippen LogP contribution is -2.45. The number of imidazole rings is 1. The highest BCUT2D eigenvalue weighted by Gasteiger charge is 2.37. The highest BCUT2D eigenvalue weighted by molar-refractivity contribution is 5.91. The highest BCUT2D eigenvalue weighted by Crippen LogP contribution is 2.42. The zero-order valence-electron chi connectivity index (χ0n) is 21.8. The Morgan fingerprint density at radius 3 is 2.58 bits per heavy atom. The minimum absolute atomic E-state index is 0.423. The second-order valence-electron chi connectivity index (χ2n) is 10.8. The molecule has 2 fully saturated rings. The molecule has 1 aliphatic heterocycles. The van der Waals surface area contributed by atoms with E-state index in [9.17, 15) is 0 Å². The van der Waals surface area contributed by atoms with Gasteiger partial charge in [0.1, 0.15) is 22.9 Å². The smallest absolute Gasteiger partial charge is 0.150 e. The first-order valence-electron chi connectivity index (χ1n) is 13.7. The van der Waals surface area contributed by atoms with Gasteiger partial charge >= 0.3 is 0 Å². The Morgan fingerprint density at radius 1 is 0.868 bits per heavy atom. The predicted molar refractivity (Wildman–Crippen MR) is 153 cm³/mol. The summed E-state index contributed by atoms with van der Waals surface area (Å²) in [5.41, 5.74) is 12.3. The van der Waals surface area contributed by atoms with Crippen molar-refractivity contribution in [3.8, 4) is 22.5 Å². The quantitative estimate of drug-likeness (QED) is 0.369. The van der Waals surface area contributed by atoms with Crippen LogP contribution in [0.4, 0.5) is 5.82 Å². The summed E-state index contributed by atoms with van der Waals surface area (Å²) in [6, 6.07) is 21.5. The van der Waals surface area contributed by atoms with E-state index < -0.39 is 0 Å². The molecule has 1 saturated heterocycles. The summed E-state index contributed by atoms with van der Waals surface area (Å²) < 4.78 is 2.17. The maximum atomic E-state index is 6.45. The summed E-state index contributed by atoms with van der Waals surface area (Å²) in [5, 5.41) is 1.10. The number of rotatable bonds is 4. The Bertz CT molecular complexity index is 1600. The summed E-state index contributed by atoms with van der Waals surface area (Å²) in [6.07, 6.45) is 7.33. The van der Waals surface area contributed by atoms with E-state index in [1.165, 1.54) is 19.5 Å². The van der Waals surface area contributed by atoms with Gasteiger partial charge < -0.3 is 10.6 Å². The van der Waals surface area contributed by atoms with Gasteiger partial charge in [0, 0.05) is 54.0 Å². The third-order valence-electron chi connectivity index (χ3n) is 8.39. The fraction of sp³-hybridized carbons (Fsp3) is 0.323. The molecule has 0 radical (unpaired) electrons. The second kappa shape index (κ2) is 9.49. The lowest BCUT2D eigenvalue weighted by Gasteiger charge is -2.42. The standard InChI is InChI=1S/C31H33N7/c1-36-13-5-14-37(17-16-36)25-18-24(19-25)31-35-28(29-30(32)33-12-15-38(29)31)23-9-8-22-10-11-26(34-27(22)20-23)21-6-3-2-4-7-21/h2-4,6-12,15,20,24-25H,5,13-14,16-19H2,1H3,(H2,32,33)/t24-,25+. The molecule has 7 rings (SSSR count). The van der Waals surface area contributed by atoms with Crippen LogP contribution in [-0.2, 0) is 0 Å². The molecule has 1 saturated carbocycles. The fourth-order valence-electron chi connectivity index (χ4n) is 6.14. The molecule has 38 heavy (non-hydrogen) atoms. The van der Waals surface area contributed by atoms with Gasteiger partial charge in [-0.1, -0.05) is 48.5 Å². The number of aromatic nitrogens is 4. The van der Waals surface area contributed by atoms with Crippen LogP contribution in [0.1, 0.15) is 31.0 Å². The molecule has 2 N–H and O–H groups in total. The van der Waals surface area contributed by atoms with Gasteiger partial charge in [0.05, 0.1) is 11.2 Å². The normalized spacial score (nSPS) is 21.0. The number of fused-ring (bicyclic) bond motifs is 2. The third kappa shape index (κ3) is 4.12. The first-order valence-corrected chi connectivity index (χ1v) is 13.7. The van der Waals surface area contributed by atoms with Crippen LogP contribution < -0.4 is 5.73 Å². The van der Waals surface area contributed by atoms with E-state index in [1.807, 2.05) is 24.4 Å². The monoisotopic (exact) mass is 503 g/mol. The average molecular weight is 504 g/mol. The number of anilines is 1. The van der Waals surface area contributed by atoms with Crippen molar-refractivity contribution >= 4 is 22.2 Å². The summed E-state index contributed by atoms with van der Waals surface area (Å²) >= 11 is 0. The van der Waals surface area contributed by atoms with Crippen LogP contribution in [0, 0.1) is 0 Å². The molecule has 2 aliphatic rings.